The summed E-state index contributed by atoms with van der Waals surface area (Å²) in [4.78, 5) is 0. The summed E-state index contributed by atoms with van der Waals surface area (Å²) >= 11 is 0. The van der Waals surface area contributed by atoms with Gasteiger partial charge in [0.15, 0.2) is 11.5 Å². The second-order valence-corrected chi connectivity index (χ2v) is 3.79. The van der Waals surface area contributed by atoms with Crippen molar-refractivity contribution in [3.05, 3.63) is 23.3 Å². The molecule has 4 nitrogen and oxygen atoms in total. The van der Waals surface area contributed by atoms with Crippen molar-refractivity contribution < 1.29 is 9.47 Å². The van der Waals surface area contributed by atoms with Crippen molar-refractivity contribution in [2.24, 2.45) is 10.9 Å². The van der Waals surface area contributed by atoms with Crippen LogP contribution in [0.4, 0.5) is 0 Å². The third kappa shape index (κ3) is 1.71. The van der Waals surface area contributed by atoms with Crippen molar-refractivity contribution in [2.45, 2.75) is 19.3 Å². The molecule has 1 aliphatic carbocycles. The van der Waals surface area contributed by atoms with E-state index in [2.05, 4.69) is 5.10 Å². The third-order valence-electron chi connectivity index (χ3n) is 2.94. The number of rotatable bonds is 2. The van der Waals surface area contributed by atoms with Crippen LogP contribution in [0, 0.1) is 0 Å². The number of fused-ring (bicyclic) bond motifs is 1. The molecule has 2 rings (SSSR count). The maximum Gasteiger partial charge on any atom is 0.161 e. The Morgan fingerprint density at radius 1 is 1.12 bits per heavy atom. The molecule has 0 saturated carbocycles. The van der Waals surface area contributed by atoms with E-state index >= 15 is 0 Å². The Balaban J connectivity index is 2.55. The van der Waals surface area contributed by atoms with Gasteiger partial charge in [0.25, 0.3) is 0 Å². The second-order valence-electron chi connectivity index (χ2n) is 3.79. The van der Waals surface area contributed by atoms with E-state index in [0.717, 1.165) is 42.0 Å². The van der Waals surface area contributed by atoms with E-state index in [1.54, 1.807) is 14.2 Å². The summed E-state index contributed by atoms with van der Waals surface area (Å²) in [5.74, 6) is 6.89. The van der Waals surface area contributed by atoms with Crippen molar-refractivity contribution in [3.8, 4) is 11.5 Å². The molecule has 0 bridgehead atoms. The van der Waals surface area contributed by atoms with Gasteiger partial charge in [0, 0.05) is 5.56 Å². The minimum Gasteiger partial charge on any atom is -0.493 e. The molecular formula is C12H16N2O2. The molecule has 2 N–H and O–H groups in total. The molecule has 16 heavy (non-hydrogen) atoms. The number of ether oxygens (including phenoxy) is 2. The molecule has 0 aliphatic heterocycles. The highest BCUT2D eigenvalue weighted by Crippen LogP contribution is 2.34. The van der Waals surface area contributed by atoms with Gasteiger partial charge in [-0.1, -0.05) is 0 Å². The van der Waals surface area contributed by atoms with E-state index in [1.807, 2.05) is 12.1 Å². The summed E-state index contributed by atoms with van der Waals surface area (Å²) in [5, 5.41) is 3.84. The number of nitrogens with zero attached hydrogens (tertiary/aromatic N) is 1. The number of nitrogens with two attached hydrogens (primary N) is 1. The quantitative estimate of drug-likeness (QED) is 0.609. The Kier molecular flexibility index (Phi) is 2.99. The molecule has 0 fully saturated rings. The minimum absolute atomic E-state index is 0.726. The smallest absolute Gasteiger partial charge is 0.161 e. The normalized spacial score (nSPS) is 17.0. The fourth-order valence-corrected chi connectivity index (χ4v) is 2.11. The number of hydrazone groups is 1. The number of benzene rings is 1. The molecule has 86 valence electrons. The Bertz CT molecular complexity index is 427. The topological polar surface area (TPSA) is 56.8 Å². The van der Waals surface area contributed by atoms with E-state index in [1.165, 1.54) is 5.56 Å². The number of aryl methyl sites for hydroxylation is 1. The van der Waals surface area contributed by atoms with Gasteiger partial charge in [-0.15, -0.1) is 0 Å². The van der Waals surface area contributed by atoms with Gasteiger partial charge >= 0.3 is 0 Å². The molecule has 0 heterocycles. The minimum atomic E-state index is 0.726. The fourth-order valence-electron chi connectivity index (χ4n) is 2.11. The van der Waals surface area contributed by atoms with Crippen LogP contribution in [-0.2, 0) is 6.42 Å². The second kappa shape index (κ2) is 4.43. The first-order chi connectivity index (χ1) is 7.80. The van der Waals surface area contributed by atoms with Crippen LogP contribution < -0.4 is 15.3 Å². The standard InChI is InChI=1S/C12H16N2O2/c1-15-11-6-8-4-3-5-10(14-13)9(8)7-12(11)16-2/h6-7H,3-5,13H2,1-2H3/b14-10-. The first-order valence-electron chi connectivity index (χ1n) is 5.32. The van der Waals surface area contributed by atoms with Gasteiger partial charge < -0.3 is 15.3 Å². The number of hydrogen-bond acceptors (Lipinski definition) is 4. The van der Waals surface area contributed by atoms with E-state index in [0.29, 0.717) is 0 Å². The molecule has 0 atom stereocenters. The predicted octanol–water partition coefficient (Wildman–Crippen LogP) is 1.70. The van der Waals surface area contributed by atoms with Gasteiger partial charge in [-0.25, -0.2) is 0 Å². The number of methoxy groups -OCH3 is 2. The van der Waals surface area contributed by atoms with Crippen LogP contribution in [0.25, 0.3) is 0 Å². The summed E-state index contributed by atoms with van der Waals surface area (Å²) in [7, 11) is 3.28. The van der Waals surface area contributed by atoms with Crippen LogP contribution in [0.15, 0.2) is 17.2 Å². The average Bonchev–Trinajstić information content (AvgIpc) is 2.36. The average molecular weight is 220 g/mol. The van der Waals surface area contributed by atoms with Gasteiger partial charge in [-0.3, -0.25) is 0 Å². The lowest BCUT2D eigenvalue weighted by Crippen LogP contribution is -2.14. The lowest BCUT2D eigenvalue weighted by atomic mass is 9.89. The Morgan fingerprint density at radius 3 is 2.44 bits per heavy atom. The fraction of sp³-hybridized carbons (Fsp3) is 0.417. The van der Waals surface area contributed by atoms with Crippen LogP contribution in [0.3, 0.4) is 0 Å². The first kappa shape index (κ1) is 10.8. The largest absolute Gasteiger partial charge is 0.493 e. The van der Waals surface area contributed by atoms with E-state index in [4.69, 9.17) is 15.3 Å². The van der Waals surface area contributed by atoms with E-state index in [9.17, 15) is 0 Å². The molecule has 1 aromatic rings. The van der Waals surface area contributed by atoms with Crippen LogP contribution >= 0.6 is 0 Å². The highest BCUT2D eigenvalue weighted by Gasteiger charge is 2.18. The zero-order valence-corrected chi connectivity index (χ0v) is 9.62. The lowest BCUT2D eigenvalue weighted by molar-refractivity contribution is 0.354. The van der Waals surface area contributed by atoms with Crippen LogP contribution in [-0.4, -0.2) is 19.9 Å². The zero-order chi connectivity index (χ0) is 11.5. The molecule has 0 amide bonds. The van der Waals surface area contributed by atoms with Gasteiger partial charge in [0.1, 0.15) is 0 Å². The molecule has 0 spiro atoms. The third-order valence-corrected chi connectivity index (χ3v) is 2.94. The monoisotopic (exact) mass is 220 g/mol. The lowest BCUT2D eigenvalue weighted by Gasteiger charge is -2.19. The summed E-state index contributed by atoms with van der Waals surface area (Å²) in [6.45, 7) is 0. The van der Waals surface area contributed by atoms with E-state index in [-0.39, 0.29) is 0 Å². The van der Waals surface area contributed by atoms with Crippen LogP contribution in [0.1, 0.15) is 24.0 Å². The highest BCUT2D eigenvalue weighted by molar-refractivity contribution is 6.03. The zero-order valence-electron chi connectivity index (χ0n) is 9.62. The molecule has 0 radical (unpaired) electrons. The van der Waals surface area contributed by atoms with Crippen molar-refractivity contribution in [1.29, 1.82) is 0 Å². The molecular weight excluding hydrogens is 204 g/mol. The van der Waals surface area contributed by atoms with E-state index < -0.39 is 0 Å². The summed E-state index contributed by atoms with van der Waals surface area (Å²) < 4.78 is 10.5. The van der Waals surface area contributed by atoms with Crippen molar-refractivity contribution in [3.63, 3.8) is 0 Å². The Labute approximate surface area is 95.0 Å². The SMILES string of the molecule is COc1cc2c(cc1OC)/C(=N\N)CCC2. The van der Waals surface area contributed by atoms with Gasteiger partial charge in [0.2, 0.25) is 0 Å². The maximum atomic E-state index is 5.40. The summed E-state index contributed by atoms with van der Waals surface area (Å²) in [5.41, 5.74) is 3.27. The van der Waals surface area contributed by atoms with Gasteiger partial charge in [-0.2, -0.15) is 5.10 Å². The molecule has 1 aromatic carbocycles. The Morgan fingerprint density at radius 2 is 1.81 bits per heavy atom. The van der Waals surface area contributed by atoms with Crippen LogP contribution in [0.5, 0.6) is 11.5 Å². The Hall–Kier alpha value is -1.71. The summed E-state index contributed by atoms with van der Waals surface area (Å²) in [6, 6.07) is 3.97. The van der Waals surface area contributed by atoms with Crippen molar-refractivity contribution >= 4 is 5.71 Å². The van der Waals surface area contributed by atoms with Crippen LogP contribution in [0.2, 0.25) is 0 Å². The van der Waals surface area contributed by atoms with Crippen molar-refractivity contribution in [2.75, 3.05) is 14.2 Å². The molecule has 0 saturated heterocycles. The molecule has 0 aromatic heterocycles. The molecule has 1 aliphatic rings. The predicted molar refractivity (Wildman–Crippen MR) is 63.2 cm³/mol. The summed E-state index contributed by atoms with van der Waals surface area (Å²) in [6.07, 6.45) is 3.05. The van der Waals surface area contributed by atoms with Gasteiger partial charge in [0.05, 0.1) is 19.9 Å². The number of hydrogen-bond donors (Lipinski definition) is 1. The van der Waals surface area contributed by atoms with Gasteiger partial charge in [-0.05, 0) is 37.0 Å². The highest BCUT2D eigenvalue weighted by atomic mass is 16.5. The maximum absolute atomic E-state index is 5.40. The van der Waals surface area contributed by atoms with Crippen molar-refractivity contribution in [1.82, 2.24) is 0 Å². The molecule has 4 heteroatoms. The molecule has 0 unspecified atom stereocenters. The first-order valence-corrected chi connectivity index (χ1v) is 5.32.